The Morgan fingerprint density at radius 3 is 1.18 bits per heavy atom. The molecular formula is C17H43N3Si2. The summed E-state index contributed by atoms with van der Waals surface area (Å²) in [4.78, 5) is 0. The van der Waals surface area contributed by atoms with Gasteiger partial charge in [0.25, 0.3) is 0 Å². The van der Waals surface area contributed by atoms with Gasteiger partial charge in [0.15, 0.2) is 16.8 Å². The summed E-state index contributed by atoms with van der Waals surface area (Å²) >= 11 is 0. The first kappa shape index (κ1) is 22.3. The predicted octanol–water partition coefficient (Wildman–Crippen LogP) is 4.57. The van der Waals surface area contributed by atoms with Crippen molar-refractivity contribution in [1.82, 2.24) is 13.4 Å². The van der Waals surface area contributed by atoms with Crippen LogP contribution in [0.15, 0.2) is 0 Å². The summed E-state index contributed by atoms with van der Waals surface area (Å²) in [6.45, 7) is 13.4. The van der Waals surface area contributed by atoms with E-state index in [1.54, 1.807) is 0 Å². The maximum Gasteiger partial charge on any atom is 0.200 e. The Kier molecular flexibility index (Phi) is 10.4. The molecule has 0 spiro atoms. The van der Waals surface area contributed by atoms with Gasteiger partial charge in [-0.2, -0.15) is 0 Å². The van der Waals surface area contributed by atoms with E-state index in [9.17, 15) is 0 Å². The zero-order valence-electron chi connectivity index (χ0n) is 17.0. The topological polar surface area (TPSA) is 9.72 Å². The lowest BCUT2D eigenvalue weighted by Crippen LogP contribution is -2.76. The maximum atomic E-state index is 3.11. The second-order valence-corrected chi connectivity index (χ2v) is 17.1. The van der Waals surface area contributed by atoms with Gasteiger partial charge < -0.3 is 13.4 Å². The third-order valence-electron chi connectivity index (χ3n) is 5.92. The molecule has 0 radical (unpaired) electrons. The molecule has 0 unspecified atom stereocenters. The lowest BCUT2D eigenvalue weighted by molar-refractivity contribution is 0.416. The molecule has 0 aromatic heterocycles. The van der Waals surface area contributed by atoms with Gasteiger partial charge in [0, 0.05) is 0 Å². The first-order valence-corrected chi connectivity index (χ1v) is 14.1. The van der Waals surface area contributed by atoms with E-state index in [1.807, 2.05) is 0 Å². The highest BCUT2D eigenvalue weighted by Crippen LogP contribution is 2.33. The van der Waals surface area contributed by atoms with Crippen LogP contribution in [0.5, 0.6) is 0 Å². The lowest BCUT2D eigenvalue weighted by Gasteiger charge is -2.56. The number of hydrogen-bond acceptors (Lipinski definition) is 3. The van der Waals surface area contributed by atoms with Crippen molar-refractivity contribution in [3.8, 4) is 0 Å². The molecule has 22 heavy (non-hydrogen) atoms. The number of unbranched alkanes of at least 4 members (excludes halogenated alkanes) is 2. The van der Waals surface area contributed by atoms with Crippen molar-refractivity contribution < 1.29 is 0 Å². The third kappa shape index (κ3) is 4.44. The highest BCUT2D eigenvalue weighted by molar-refractivity contribution is 6.90. The van der Waals surface area contributed by atoms with Gasteiger partial charge in [0.05, 0.1) is 0 Å². The van der Waals surface area contributed by atoms with Crippen molar-refractivity contribution in [3.05, 3.63) is 0 Å². The van der Waals surface area contributed by atoms with Crippen LogP contribution in [0, 0.1) is 0 Å². The predicted molar refractivity (Wildman–Crippen MR) is 107 cm³/mol. The molecule has 0 saturated carbocycles. The van der Waals surface area contributed by atoms with Gasteiger partial charge in [-0.25, -0.2) is 0 Å². The Labute approximate surface area is 143 Å². The van der Waals surface area contributed by atoms with Gasteiger partial charge in [-0.15, -0.1) is 0 Å². The number of nitrogens with zero attached hydrogens (tertiary/aromatic N) is 3. The van der Waals surface area contributed by atoms with Crippen LogP contribution in [0.4, 0.5) is 0 Å². The summed E-state index contributed by atoms with van der Waals surface area (Å²) in [5.41, 5.74) is 0. The Bertz CT molecular complexity index is 264. The molecule has 0 aliphatic carbocycles. The third-order valence-corrected chi connectivity index (χ3v) is 18.7. The Morgan fingerprint density at radius 1 is 0.591 bits per heavy atom. The van der Waals surface area contributed by atoms with E-state index in [-0.39, 0.29) is 0 Å². The summed E-state index contributed by atoms with van der Waals surface area (Å²) in [7, 11) is 6.25. The van der Waals surface area contributed by atoms with E-state index in [4.69, 9.17) is 0 Å². The quantitative estimate of drug-likeness (QED) is 0.379. The van der Waals surface area contributed by atoms with Crippen LogP contribution in [0.25, 0.3) is 0 Å². The molecule has 0 amide bonds. The number of rotatable bonds is 12. The van der Waals surface area contributed by atoms with E-state index in [0.29, 0.717) is 0 Å². The molecule has 0 saturated heterocycles. The minimum absolute atomic E-state index is 1.31. The monoisotopic (exact) mass is 345 g/mol. The smallest absolute Gasteiger partial charge is 0.200 e. The average molecular weight is 346 g/mol. The second-order valence-electron chi connectivity index (χ2n) is 7.03. The fourth-order valence-corrected chi connectivity index (χ4v) is 17.7. The first-order chi connectivity index (χ1) is 10.3. The highest BCUT2D eigenvalue weighted by Gasteiger charge is 2.50. The Balaban J connectivity index is 5.86. The van der Waals surface area contributed by atoms with Crippen LogP contribution in [0.2, 0.25) is 24.2 Å². The molecule has 5 heteroatoms. The fourth-order valence-electron chi connectivity index (χ4n) is 4.33. The van der Waals surface area contributed by atoms with Gasteiger partial charge in [-0.1, -0.05) is 47.5 Å². The normalized spacial score (nSPS) is 13.6. The van der Waals surface area contributed by atoms with Crippen LogP contribution in [0.3, 0.4) is 0 Å². The molecule has 0 fully saturated rings. The van der Waals surface area contributed by atoms with Crippen molar-refractivity contribution in [3.63, 3.8) is 0 Å². The van der Waals surface area contributed by atoms with Crippen LogP contribution < -0.4 is 0 Å². The maximum absolute atomic E-state index is 3.11. The van der Waals surface area contributed by atoms with Crippen molar-refractivity contribution in [2.45, 2.75) is 78.1 Å². The first-order valence-electron chi connectivity index (χ1n) is 9.45. The van der Waals surface area contributed by atoms with Crippen molar-refractivity contribution in [2.24, 2.45) is 0 Å². The molecule has 0 aromatic carbocycles. The molecule has 0 aliphatic heterocycles. The molecule has 0 atom stereocenters. The van der Waals surface area contributed by atoms with E-state index in [0.717, 1.165) is 0 Å². The van der Waals surface area contributed by atoms with Crippen LogP contribution in [0.1, 0.15) is 53.9 Å². The minimum atomic E-state index is -1.55. The molecule has 0 bridgehead atoms. The largest absolute Gasteiger partial charge is 0.321 e. The van der Waals surface area contributed by atoms with Gasteiger partial charge in [0.2, 0.25) is 0 Å². The van der Waals surface area contributed by atoms with Gasteiger partial charge in [-0.3, -0.25) is 0 Å². The van der Waals surface area contributed by atoms with Crippen molar-refractivity contribution in [2.75, 3.05) is 34.7 Å². The van der Waals surface area contributed by atoms with Crippen molar-refractivity contribution in [1.29, 1.82) is 0 Å². The zero-order valence-corrected chi connectivity index (χ0v) is 19.0. The van der Waals surface area contributed by atoms with Crippen LogP contribution in [-0.4, -0.2) is 64.9 Å². The molecule has 0 aliphatic rings. The number of hydrogen-bond donors (Lipinski definition) is 0. The Hall–Kier alpha value is 0.314. The summed E-state index contributed by atoms with van der Waals surface area (Å²) in [6.07, 6.45) is 4.05. The van der Waals surface area contributed by atoms with Gasteiger partial charge >= 0.3 is 0 Å². The van der Waals surface area contributed by atoms with E-state index in [1.165, 1.54) is 50.0 Å². The minimum Gasteiger partial charge on any atom is -0.321 e. The molecular weight excluding hydrogens is 302 g/mol. The summed E-state index contributed by atoms with van der Waals surface area (Å²) < 4.78 is 8.38. The summed E-state index contributed by atoms with van der Waals surface area (Å²) in [5.74, 6) is 0. The molecule has 0 rings (SSSR count). The summed E-state index contributed by atoms with van der Waals surface area (Å²) in [6, 6.07) is 5.35. The highest BCUT2D eigenvalue weighted by atomic mass is 28.4. The molecule has 0 N–H and O–H groups in total. The van der Waals surface area contributed by atoms with Crippen LogP contribution >= 0.6 is 0 Å². The van der Waals surface area contributed by atoms with E-state index >= 15 is 0 Å². The summed E-state index contributed by atoms with van der Waals surface area (Å²) in [5, 5.41) is 0. The molecule has 0 aromatic rings. The standard InChI is InChI=1S/C17H43N3Si2/c1-10-15-16-17-20(21(11-2,12-3)18(6)7)22(13-4,14-5)19(8)9/h10-17H2,1-9H3. The second kappa shape index (κ2) is 10.2. The Morgan fingerprint density at radius 2 is 0.955 bits per heavy atom. The SMILES string of the molecule is CCCCCN([Si](CC)(CC)N(C)C)[Si](CC)(CC)N(C)C. The lowest BCUT2D eigenvalue weighted by atomic mass is 10.3. The van der Waals surface area contributed by atoms with E-state index in [2.05, 4.69) is 76.2 Å². The zero-order chi connectivity index (χ0) is 17.4. The van der Waals surface area contributed by atoms with Crippen LogP contribution in [-0.2, 0) is 0 Å². The molecule has 134 valence electrons. The average Bonchev–Trinajstić information content (AvgIpc) is 2.49. The molecule has 3 nitrogen and oxygen atoms in total. The van der Waals surface area contributed by atoms with Crippen molar-refractivity contribution >= 4 is 16.8 Å². The van der Waals surface area contributed by atoms with Gasteiger partial charge in [-0.05, 0) is 65.3 Å². The molecule has 0 heterocycles. The van der Waals surface area contributed by atoms with Gasteiger partial charge in [0.1, 0.15) is 0 Å². The van der Waals surface area contributed by atoms with E-state index < -0.39 is 16.8 Å². The fraction of sp³-hybridized carbons (Fsp3) is 1.00.